The maximum absolute atomic E-state index is 13.4. The standard InChI is InChI=1S/C28H35N3O3S/c1-31(25-10-4-5-11-25)28(32)27(12-6-7-21-13-15-22(20-29)16-14-21)30-35(33,34)26-18-17-23-8-2-3-9-24(23)19-26/h13-19,25,27,30H,2-5,8-12,20,29H2,1H3/t27-/m0/s1. The predicted molar refractivity (Wildman–Crippen MR) is 138 cm³/mol. The number of benzene rings is 2. The molecule has 35 heavy (non-hydrogen) atoms. The number of carbonyl (C=O) groups is 1. The van der Waals surface area contributed by atoms with E-state index in [9.17, 15) is 13.2 Å². The lowest BCUT2D eigenvalue weighted by molar-refractivity contribution is -0.133. The summed E-state index contributed by atoms with van der Waals surface area (Å²) in [5, 5.41) is 0. The molecule has 1 atom stereocenters. The molecule has 0 unspecified atom stereocenters. The van der Waals surface area contributed by atoms with Crippen LogP contribution in [0.5, 0.6) is 0 Å². The molecule has 7 heteroatoms. The zero-order valence-corrected chi connectivity index (χ0v) is 21.2. The van der Waals surface area contributed by atoms with E-state index in [1.807, 2.05) is 30.3 Å². The molecule has 2 aromatic carbocycles. The molecule has 1 fully saturated rings. The molecule has 0 aliphatic heterocycles. The highest BCUT2D eigenvalue weighted by Gasteiger charge is 2.32. The van der Waals surface area contributed by atoms with Gasteiger partial charge in [0.1, 0.15) is 6.04 Å². The first kappa shape index (κ1) is 25.4. The average molecular weight is 494 g/mol. The first-order chi connectivity index (χ1) is 16.9. The normalized spacial score (nSPS) is 16.7. The highest BCUT2D eigenvalue weighted by molar-refractivity contribution is 7.89. The summed E-state index contributed by atoms with van der Waals surface area (Å²) in [7, 11) is -2.10. The third kappa shape index (κ3) is 6.32. The number of fused-ring (bicyclic) bond motifs is 1. The molecule has 0 bridgehead atoms. The van der Waals surface area contributed by atoms with E-state index in [0.717, 1.165) is 68.1 Å². The van der Waals surface area contributed by atoms with Crippen molar-refractivity contribution >= 4 is 15.9 Å². The Morgan fingerprint density at radius 3 is 2.43 bits per heavy atom. The van der Waals surface area contributed by atoms with Crippen molar-refractivity contribution in [3.05, 3.63) is 64.7 Å². The molecule has 0 radical (unpaired) electrons. The zero-order chi connectivity index (χ0) is 24.8. The van der Waals surface area contributed by atoms with Crippen molar-refractivity contribution in [1.29, 1.82) is 0 Å². The van der Waals surface area contributed by atoms with Crippen molar-refractivity contribution in [3.8, 4) is 11.8 Å². The molecule has 0 saturated heterocycles. The largest absolute Gasteiger partial charge is 0.341 e. The van der Waals surface area contributed by atoms with E-state index in [-0.39, 0.29) is 23.3 Å². The second-order valence-electron chi connectivity index (χ2n) is 9.61. The number of carbonyl (C=O) groups excluding carboxylic acids is 1. The van der Waals surface area contributed by atoms with Crippen molar-refractivity contribution < 1.29 is 13.2 Å². The van der Waals surface area contributed by atoms with Crippen LogP contribution in [0.4, 0.5) is 0 Å². The van der Waals surface area contributed by atoms with Crippen molar-refractivity contribution in [1.82, 2.24) is 9.62 Å². The molecule has 4 rings (SSSR count). The Balaban J connectivity index is 1.55. The summed E-state index contributed by atoms with van der Waals surface area (Å²) in [5.74, 6) is 5.86. The number of nitrogens with two attached hydrogens (primary N) is 1. The third-order valence-corrected chi connectivity index (χ3v) is 8.64. The van der Waals surface area contributed by atoms with Gasteiger partial charge in [0.05, 0.1) is 4.90 Å². The van der Waals surface area contributed by atoms with Gasteiger partial charge >= 0.3 is 0 Å². The maximum atomic E-state index is 13.4. The topological polar surface area (TPSA) is 92.5 Å². The number of rotatable bonds is 7. The summed E-state index contributed by atoms with van der Waals surface area (Å²) in [6, 6.07) is 12.1. The molecule has 2 aliphatic carbocycles. The van der Waals surface area contributed by atoms with Gasteiger partial charge in [-0.15, -0.1) is 0 Å². The molecule has 1 amide bonds. The van der Waals surface area contributed by atoms with Gasteiger partial charge in [0.2, 0.25) is 15.9 Å². The Morgan fingerprint density at radius 1 is 1.06 bits per heavy atom. The van der Waals surface area contributed by atoms with Gasteiger partial charge in [-0.1, -0.05) is 42.9 Å². The van der Waals surface area contributed by atoms with Crippen LogP contribution in [0.3, 0.4) is 0 Å². The van der Waals surface area contributed by atoms with Gasteiger partial charge in [0.25, 0.3) is 0 Å². The zero-order valence-electron chi connectivity index (χ0n) is 20.4. The molecule has 0 spiro atoms. The minimum Gasteiger partial charge on any atom is -0.341 e. The van der Waals surface area contributed by atoms with E-state index in [4.69, 9.17) is 5.73 Å². The van der Waals surface area contributed by atoms with Crippen molar-refractivity contribution in [2.24, 2.45) is 5.73 Å². The van der Waals surface area contributed by atoms with Crippen LogP contribution in [0.1, 0.15) is 67.2 Å². The Hall–Kier alpha value is -2.66. The van der Waals surface area contributed by atoms with Gasteiger partial charge < -0.3 is 10.6 Å². The molecular formula is C28H35N3O3S. The molecule has 6 nitrogen and oxygen atoms in total. The number of hydrogen-bond donors (Lipinski definition) is 2. The molecule has 2 aliphatic rings. The molecule has 1 saturated carbocycles. The van der Waals surface area contributed by atoms with E-state index in [1.165, 1.54) is 5.56 Å². The first-order valence-corrected chi connectivity index (χ1v) is 14.0. The Kier molecular flexibility index (Phi) is 8.27. The molecule has 0 heterocycles. The van der Waals surface area contributed by atoms with Crippen LogP contribution in [0.15, 0.2) is 47.4 Å². The van der Waals surface area contributed by atoms with Gasteiger partial charge in [-0.3, -0.25) is 4.79 Å². The van der Waals surface area contributed by atoms with Crippen LogP contribution in [0.25, 0.3) is 0 Å². The average Bonchev–Trinajstić information content (AvgIpc) is 3.42. The monoisotopic (exact) mass is 493 g/mol. The van der Waals surface area contributed by atoms with Crippen molar-refractivity contribution in [2.45, 2.75) is 81.3 Å². The SMILES string of the molecule is CN(C(=O)[C@H](CC#Cc1ccc(CN)cc1)NS(=O)(=O)c1ccc2c(c1)CCCC2)C1CCCC1. The fourth-order valence-corrected chi connectivity index (χ4v) is 6.25. The molecule has 2 aromatic rings. The number of hydrogen-bond acceptors (Lipinski definition) is 4. The van der Waals surface area contributed by atoms with E-state index >= 15 is 0 Å². The highest BCUT2D eigenvalue weighted by atomic mass is 32.2. The van der Waals surface area contributed by atoms with Crippen LogP contribution in [-0.2, 0) is 34.2 Å². The number of amides is 1. The summed E-state index contributed by atoms with van der Waals surface area (Å²) in [5.41, 5.74) is 9.78. The van der Waals surface area contributed by atoms with Gasteiger partial charge in [-0.25, -0.2) is 8.42 Å². The third-order valence-electron chi connectivity index (χ3n) is 7.17. The minimum atomic E-state index is -3.88. The van der Waals surface area contributed by atoms with Crippen molar-refractivity contribution in [2.75, 3.05) is 7.05 Å². The van der Waals surface area contributed by atoms with E-state index < -0.39 is 16.1 Å². The van der Waals surface area contributed by atoms with Gasteiger partial charge in [0.15, 0.2) is 0 Å². The van der Waals surface area contributed by atoms with Gasteiger partial charge in [-0.2, -0.15) is 4.72 Å². The van der Waals surface area contributed by atoms with E-state index in [0.29, 0.717) is 6.54 Å². The Labute approximate surface area is 209 Å². The number of nitrogens with zero attached hydrogens (tertiary/aromatic N) is 1. The molecule has 186 valence electrons. The van der Waals surface area contributed by atoms with Crippen LogP contribution in [0.2, 0.25) is 0 Å². The second kappa shape index (κ2) is 11.4. The van der Waals surface area contributed by atoms with E-state index in [2.05, 4.69) is 16.6 Å². The first-order valence-electron chi connectivity index (χ1n) is 12.6. The summed E-state index contributed by atoms with van der Waals surface area (Å²) in [6.07, 6.45) is 8.25. The lowest BCUT2D eigenvalue weighted by Gasteiger charge is -2.28. The van der Waals surface area contributed by atoms with Gasteiger partial charge in [0, 0.05) is 31.6 Å². The number of nitrogens with one attached hydrogen (secondary N) is 1. The number of sulfonamides is 1. The maximum Gasteiger partial charge on any atom is 0.241 e. The van der Waals surface area contributed by atoms with Crippen LogP contribution in [-0.4, -0.2) is 38.4 Å². The quantitative estimate of drug-likeness (QED) is 0.578. The fraction of sp³-hybridized carbons (Fsp3) is 0.464. The summed E-state index contributed by atoms with van der Waals surface area (Å²) in [4.78, 5) is 15.3. The smallest absolute Gasteiger partial charge is 0.241 e. The number of likely N-dealkylation sites (N-methyl/N-ethyl adjacent to an activating group) is 1. The van der Waals surface area contributed by atoms with Gasteiger partial charge in [-0.05, 0) is 79.5 Å². The summed E-state index contributed by atoms with van der Waals surface area (Å²) < 4.78 is 29.4. The summed E-state index contributed by atoms with van der Waals surface area (Å²) in [6.45, 7) is 0.461. The fourth-order valence-electron chi connectivity index (χ4n) is 5.01. The van der Waals surface area contributed by atoms with Crippen LogP contribution in [0, 0.1) is 11.8 Å². The Morgan fingerprint density at radius 2 is 1.74 bits per heavy atom. The summed E-state index contributed by atoms with van der Waals surface area (Å²) >= 11 is 0. The van der Waals surface area contributed by atoms with Crippen LogP contribution >= 0.6 is 0 Å². The number of aryl methyl sites for hydroxylation is 2. The van der Waals surface area contributed by atoms with Crippen LogP contribution < -0.4 is 10.5 Å². The minimum absolute atomic E-state index is 0.0959. The highest BCUT2D eigenvalue weighted by Crippen LogP contribution is 2.25. The van der Waals surface area contributed by atoms with Crippen molar-refractivity contribution in [3.63, 3.8) is 0 Å². The lowest BCUT2D eigenvalue weighted by Crippen LogP contribution is -2.49. The Bertz CT molecular complexity index is 1210. The lowest BCUT2D eigenvalue weighted by atomic mass is 9.92. The van der Waals surface area contributed by atoms with E-state index in [1.54, 1.807) is 24.1 Å². The molecule has 0 aromatic heterocycles. The second-order valence-corrected chi connectivity index (χ2v) is 11.3. The molecular weight excluding hydrogens is 458 g/mol. The predicted octanol–water partition coefficient (Wildman–Crippen LogP) is 3.51. The molecule has 3 N–H and O–H groups in total.